The van der Waals surface area contributed by atoms with Crippen LogP contribution >= 0.6 is 11.8 Å². The Bertz CT molecular complexity index is 660. The minimum absolute atomic E-state index is 0.209. The number of ether oxygens (including phenoxy) is 3. The molecule has 3 amide bonds. The number of thioether (sulfide) groups is 1. The topological polar surface area (TPSA) is 107 Å². The van der Waals surface area contributed by atoms with E-state index in [9.17, 15) is 14.4 Å². The number of hydrogen-bond acceptors (Lipinski definition) is 7. The van der Waals surface area contributed by atoms with Gasteiger partial charge < -0.3 is 19.5 Å². The fraction of sp³-hybridized carbons (Fsp3) is 0.818. The third-order valence-electron chi connectivity index (χ3n) is 3.33. The maximum atomic E-state index is 12.8. The number of amides is 3. The van der Waals surface area contributed by atoms with Crippen LogP contribution in [0.4, 0.5) is 14.4 Å². The van der Waals surface area contributed by atoms with E-state index in [4.69, 9.17) is 14.2 Å². The zero-order valence-corrected chi connectivity index (χ0v) is 22.1. The van der Waals surface area contributed by atoms with Crippen LogP contribution in [-0.4, -0.2) is 64.5 Å². The van der Waals surface area contributed by atoms with E-state index < -0.39 is 35.1 Å². The van der Waals surface area contributed by atoms with Gasteiger partial charge in [-0.25, -0.2) is 14.4 Å². The highest BCUT2D eigenvalue weighted by molar-refractivity contribution is 8.13. The van der Waals surface area contributed by atoms with Gasteiger partial charge in [0.25, 0.3) is 0 Å². The molecule has 0 rings (SSSR count). The minimum Gasteiger partial charge on any atom is -0.444 e. The Hall–Kier alpha value is -1.97. The van der Waals surface area contributed by atoms with E-state index in [1.54, 1.807) is 68.6 Å². The summed E-state index contributed by atoms with van der Waals surface area (Å²) in [5.41, 5.74) is -1.93. The Morgan fingerprint density at radius 1 is 0.812 bits per heavy atom. The molecule has 0 aliphatic rings. The number of alkyl carbamates (subject to hydrolysis) is 1. The van der Waals surface area contributed by atoms with Crippen molar-refractivity contribution >= 4 is 35.2 Å². The molecule has 0 fully saturated rings. The third kappa shape index (κ3) is 15.8. The Morgan fingerprint density at radius 3 is 1.81 bits per heavy atom. The molecule has 32 heavy (non-hydrogen) atoms. The van der Waals surface area contributed by atoms with Crippen LogP contribution in [0.15, 0.2) is 4.99 Å². The summed E-state index contributed by atoms with van der Waals surface area (Å²) in [5.74, 6) is 0. The zero-order valence-electron chi connectivity index (χ0n) is 21.3. The highest BCUT2D eigenvalue weighted by Crippen LogP contribution is 2.17. The van der Waals surface area contributed by atoms with E-state index in [-0.39, 0.29) is 5.17 Å². The van der Waals surface area contributed by atoms with E-state index in [0.717, 1.165) is 18.2 Å². The molecular formula is C22H41N3O6S. The summed E-state index contributed by atoms with van der Waals surface area (Å²) in [4.78, 5) is 41.9. The normalized spacial score (nSPS) is 12.8. The number of unbranched alkanes of at least 4 members (excludes halogenated alkanes) is 2. The number of aliphatic imine (C=N–C) groups is 1. The summed E-state index contributed by atoms with van der Waals surface area (Å²) in [6, 6.07) is 0. The fourth-order valence-electron chi connectivity index (χ4n) is 2.24. The van der Waals surface area contributed by atoms with Crippen LogP contribution in [0, 0.1) is 0 Å². The van der Waals surface area contributed by atoms with Gasteiger partial charge in [-0.15, -0.1) is 0 Å². The van der Waals surface area contributed by atoms with Crippen molar-refractivity contribution in [3.05, 3.63) is 0 Å². The maximum Gasteiger partial charge on any atom is 0.436 e. The first kappa shape index (κ1) is 30.0. The molecule has 0 aliphatic carbocycles. The van der Waals surface area contributed by atoms with Crippen LogP contribution in [0.25, 0.3) is 0 Å². The quantitative estimate of drug-likeness (QED) is 0.231. The van der Waals surface area contributed by atoms with E-state index in [1.807, 2.05) is 0 Å². The van der Waals surface area contributed by atoms with Crippen LogP contribution in [0.1, 0.15) is 81.6 Å². The zero-order chi connectivity index (χ0) is 25.2. The summed E-state index contributed by atoms with van der Waals surface area (Å²) in [6.45, 7) is 16.7. The monoisotopic (exact) mass is 475 g/mol. The molecule has 0 radical (unpaired) electrons. The first-order chi connectivity index (χ1) is 14.4. The van der Waals surface area contributed by atoms with Gasteiger partial charge in [-0.2, -0.15) is 4.99 Å². The average molecular weight is 476 g/mol. The number of carbonyl (C=O) groups excluding carboxylic acids is 3. The standard InChI is InChI=1S/C22H41N3O6S/c1-20(2,3)29-17(26)23-14-12-11-13-15-25(19(28)31-22(7,8)9)16(32-10)24-18(27)30-21(4,5)6/h11-15H2,1-10H3,(H,23,26)/b24-16-. The molecule has 0 aromatic carbocycles. The number of carbonyl (C=O) groups is 3. The van der Waals surface area contributed by atoms with Crippen molar-refractivity contribution in [2.45, 2.75) is 98.4 Å². The van der Waals surface area contributed by atoms with Crippen LogP contribution in [0.5, 0.6) is 0 Å². The van der Waals surface area contributed by atoms with Gasteiger partial charge in [-0.1, -0.05) is 11.8 Å². The van der Waals surface area contributed by atoms with Gasteiger partial charge in [-0.05, 0) is 87.8 Å². The molecule has 0 unspecified atom stereocenters. The highest BCUT2D eigenvalue weighted by atomic mass is 32.2. The van der Waals surface area contributed by atoms with Crippen molar-refractivity contribution in [2.75, 3.05) is 19.3 Å². The Balaban J connectivity index is 4.99. The van der Waals surface area contributed by atoms with Crippen LogP contribution in [-0.2, 0) is 14.2 Å². The van der Waals surface area contributed by atoms with Crippen LogP contribution < -0.4 is 5.32 Å². The van der Waals surface area contributed by atoms with Gasteiger partial charge in [-0.3, -0.25) is 4.90 Å². The first-order valence-electron chi connectivity index (χ1n) is 10.8. The summed E-state index contributed by atoms with van der Waals surface area (Å²) >= 11 is 1.16. The number of rotatable bonds is 6. The van der Waals surface area contributed by atoms with E-state index in [1.165, 1.54) is 4.90 Å². The van der Waals surface area contributed by atoms with Gasteiger partial charge in [0.2, 0.25) is 0 Å². The molecule has 10 heteroatoms. The second kappa shape index (κ2) is 12.9. The summed E-state index contributed by atoms with van der Waals surface area (Å²) < 4.78 is 15.9. The van der Waals surface area contributed by atoms with Crippen LogP contribution in [0.3, 0.4) is 0 Å². The largest absolute Gasteiger partial charge is 0.444 e. The lowest BCUT2D eigenvalue weighted by Crippen LogP contribution is -2.41. The smallest absolute Gasteiger partial charge is 0.436 e. The number of hydrogen-bond donors (Lipinski definition) is 1. The summed E-state index contributed by atoms with van der Waals surface area (Å²) in [5, 5.41) is 2.92. The van der Waals surface area contributed by atoms with Crippen molar-refractivity contribution in [3.63, 3.8) is 0 Å². The lowest BCUT2D eigenvalue weighted by Gasteiger charge is -2.27. The second-order valence-corrected chi connectivity index (χ2v) is 11.0. The molecule has 9 nitrogen and oxygen atoms in total. The molecule has 0 atom stereocenters. The summed E-state index contributed by atoms with van der Waals surface area (Å²) in [6.07, 6.45) is 2.00. The van der Waals surface area contributed by atoms with Crippen molar-refractivity contribution < 1.29 is 28.6 Å². The lowest BCUT2D eigenvalue weighted by molar-refractivity contribution is 0.0371. The highest BCUT2D eigenvalue weighted by Gasteiger charge is 2.27. The van der Waals surface area contributed by atoms with Gasteiger partial charge in [0.05, 0.1) is 0 Å². The first-order valence-corrected chi connectivity index (χ1v) is 12.0. The van der Waals surface area contributed by atoms with E-state index >= 15 is 0 Å². The molecule has 1 N–H and O–H groups in total. The predicted molar refractivity (Wildman–Crippen MR) is 128 cm³/mol. The molecule has 186 valence electrons. The fourth-order valence-corrected chi connectivity index (χ4v) is 2.79. The maximum absolute atomic E-state index is 12.8. The number of nitrogens with one attached hydrogen (secondary N) is 1. The molecule has 0 saturated carbocycles. The molecule has 0 saturated heterocycles. The Morgan fingerprint density at radius 2 is 1.34 bits per heavy atom. The molecule has 0 heterocycles. The second-order valence-electron chi connectivity index (χ2n) is 10.2. The van der Waals surface area contributed by atoms with Gasteiger partial charge in [0.15, 0.2) is 5.17 Å². The SMILES string of the molecule is CS/C(=N\C(=O)OC(C)(C)C)N(CCCCCNC(=O)OC(C)(C)C)C(=O)OC(C)(C)C. The summed E-state index contributed by atoms with van der Waals surface area (Å²) in [7, 11) is 0. The molecule has 0 bridgehead atoms. The average Bonchev–Trinajstić information content (AvgIpc) is 2.54. The Kier molecular flexibility index (Phi) is 12.1. The molecule has 0 spiro atoms. The molecule has 0 aliphatic heterocycles. The van der Waals surface area contributed by atoms with Gasteiger partial charge in [0.1, 0.15) is 16.8 Å². The van der Waals surface area contributed by atoms with Crippen molar-refractivity contribution in [1.29, 1.82) is 0 Å². The number of amidine groups is 1. The van der Waals surface area contributed by atoms with Crippen molar-refractivity contribution in [3.8, 4) is 0 Å². The van der Waals surface area contributed by atoms with Crippen LogP contribution in [0.2, 0.25) is 0 Å². The van der Waals surface area contributed by atoms with Gasteiger partial charge in [0, 0.05) is 13.1 Å². The molecule has 0 aromatic rings. The van der Waals surface area contributed by atoms with E-state index in [2.05, 4.69) is 10.3 Å². The molecule has 0 aromatic heterocycles. The molecular weight excluding hydrogens is 434 g/mol. The van der Waals surface area contributed by atoms with Crippen molar-refractivity contribution in [2.24, 2.45) is 4.99 Å². The van der Waals surface area contributed by atoms with E-state index in [0.29, 0.717) is 25.9 Å². The predicted octanol–water partition coefficient (Wildman–Crippen LogP) is 5.57. The van der Waals surface area contributed by atoms with Gasteiger partial charge >= 0.3 is 18.3 Å². The Labute approximate surface area is 197 Å². The number of nitrogens with zero attached hydrogens (tertiary/aromatic N) is 2. The third-order valence-corrected chi connectivity index (χ3v) is 4.01. The lowest BCUT2D eigenvalue weighted by atomic mass is 10.2. The van der Waals surface area contributed by atoms with Crippen molar-refractivity contribution in [1.82, 2.24) is 10.2 Å². The minimum atomic E-state index is -0.767.